The van der Waals surface area contributed by atoms with Gasteiger partial charge in [0.15, 0.2) is 5.96 Å². The lowest BCUT2D eigenvalue weighted by molar-refractivity contribution is -0.141. The number of guanidine groups is 1. The molecule has 5 nitrogen and oxygen atoms in total. The Bertz CT molecular complexity index is 485. The Morgan fingerprint density at radius 1 is 1.52 bits per heavy atom. The van der Waals surface area contributed by atoms with Crippen LogP contribution in [-0.2, 0) is 13.1 Å². The molecule has 0 spiro atoms. The monoisotopic (exact) mass is 417 g/mol. The zero-order chi connectivity index (χ0) is 14.8. The summed E-state index contributed by atoms with van der Waals surface area (Å²) in [6, 6.07) is 0.399. The number of alkyl halides is 3. The van der Waals surface area contributed by atoms with Crippen molar-refractivity contribution in [2.45, 2.75) is 38.7 Å². The number of imidazole rings is 1. The highest BCUT2D eigenvalue weighted by Crippen LogP contribution is 2.28. The van der Waals surface area contributed by atoms with E-state index < -0.39 is 12.7 Å². The lowest BCUT2D eigenvalue weighted by Crippen LogP contribution is -2.39. The second-order valence-electron chi connectivity index (χ2n) is 4.98. The van der Waals surface area contributed by atoms with Gasteiger partial charge in [-0.25, -0.2) is 4.98 Å². The highest BCUT2D eigenvalue weighted by Gasteiger charge is 2.33. The third-order valence-electron chi connectivity index (χ3n) is 3.22. The van der Waals surface area contributed by atoms with Crippen LogP contribution < -0.4 is 10.6 Å². The van der Waals surface area contributed by atoms with Crippen LogP contribution in [0.25, 0.3) is 0 Å². The number of rotatable bonds is 4. The topological polar surface area (TPSA) is 54.2 Å². The SMILES string of the molecule is CN=C(NCc1nccn1CC(F)(F)F)NC1CC1C.I. The fraction of sp³-hybridized carbons (Fsp3) is 0.667. The molecule has 0 bridgehead atoms. The van der Waals surface area contributed by atoms with Gasteiger partial charge in [-0.3, -0.25) is 4.99 Å². The van der Waals surface area contributed by atoms with Crippen LogP contribution >= 0.6 is 24.0 Å². The van der Waals surface area contributed by atoms with E-state index >= 15 is 0 Å². The van der Waals surface area contributed by atoms with E-state index in [1.54, 1.807) is 7.05 Å². The normalized spacial score (nSPS) is 21.7. The average molecular weight is 417 g/mol. The van der Waals surface area contributed by atoms with Crippen molar-refractivity contribution >= 4 is 29.9 Å². The van der Waals surface area contributed by atoms with Crippen molar-refractivity contribution in [2.24, 2.45) is 10.9 Å². The van der Waals surface area contributed by atoms with Crippen molar-refractivity contribution in [1.82, 2.24) is 20.2 Å². The third-order valence-corrected chi connectivity index (χ3v) is 3.22. The van der Waals surface area contributed by atoms with Gasteiger partial charge in [0.25, 0.3) is 0 Å². The average Bonchev–Trinajstić information content (AvgIpc) is 2.86. The molecule has 21 heavy (non-hydrogen) atoms. The Labute approximate surface area is 138 Å². The smallest absolute Gasteiger partial charge is 0.353 e. The number of hydrogen-bond donors (Lipinski definition) is 2. The summed E-state index contributed by atoms with van der Waals surface area (Å²) in [7, 11) is 1.63. The predicted molar refractivity (Wildman–Crippen MR) is 84.6 cm³/mol. The first-order chi connectivity index (χ1) is 9.39. The molecule has 120 valence electrons. The van der Waals surface area contributed by atoms with Crippen LogP contribution in [0.1, 0.15) is 19.2 Å². The van der Waals surface area contributed by atoms with Crippen molar-refractivity contribution in [2.75, 3.05) is 7.05 Å². The summed E-state index contributed by atoms with van der Waals surface area (Å²) in [5, 5.41) is 6.18. The molecule has 0 saturated heterocycles. The molecule has 1 aliphatic rings. The van der Waals surface area contributed by atoms with Crippen molar-refractivity contribution in [1.29, 1.82) is 0 Å². The molecule has 2 atom stereocenters. The molecule has 1 saturated carbocycles. The Balaban J connectivity index is 0.00000220. The summed E-state index contributed by atoms with van der Waals surface area (Å²) in [6.07, 6.45) is -0.478. The van der Waals surface area contributed by atoms with E-state index in [4.69, 9.17) is 0 Å². The van der Waals surface area contributed by atoms with Gasteiger partial charge in [-0.1, -0.05) is 6.92 Å². The van der Waals surface area contributed by atoms with E-state index in [-0.39, 0.29) is 30.5 Å². The summed E-state index contributed by atoms with van der Waals surface area (Å²) < 4.78 is 38.2. The maximum Gasteiger partial charge on any atom is 0.406 e. The summed E-state index contributed by atoms with van der Waals surface area (Å²) in [5.74, 6) is 1.52. The van der Waals surface area contributed by atoms with Crippen molar-refractivity contribution in [3.8, 4) is 0 Å². The van der Waals surface area contributed by atoms with Crippen LogP contribution in [0.15, 0.2) is 17.4 Å². The zero-order valence-corrected chi connectivity index (χ0v) is 14.1. The van der Waals surface area contributed by atoms with Crippen molar-refractivity contribution in [3.63, 3.8) is 0 Å². The molecule has 0 radical (unpaired) electrons. The maximum absolute atomic E-state index is 12.4. The van der Waals surface area contributed by atoms with Crippen LogP contribution in [0.4, 0.5) is 13.2 Å². The standard InChI is InChI=1S/C12H18F3N5.HI/c1-8-5-9(8)19-11(16-2)18-6-10-17-3-4-20(10)7-12(13,14)15;/h3-4,8-9H,5-7H2,1-2H3,(H2,16,18,19);1H. The molecule has 2 rings (SSSR count). The zero-order valence-electron chi connectivity index (χ0n) is 11.8. The Morgan fingerprint density at radius 2 is 2.19 bits per heavy atom. The number of aromatic nitrogens is 2. The van der Waals surface area contributed by atoms with E-state index in [1.807, 2.05) is 0 Å². The van der Waals surface area contributed by atoms with Gasteiger partial charge in [-0.05, 0) is 12.3 Å². The molecule has 1 aromatic rings. The highest BCUT2D eigenvalue weighted by atomic mass is 127. The number of aliphatic imine (C=N–C) groups is 1. The molecule has 2 unspecified atom stereocenters. The lowest BCUT2D eigenvalue weighted by Gasteiger charge is -2.13. The third kappa shape index (κ3) is 5.71. The molecule has 0 aliphatic heterocycles. The molecule has 1 aliphatic carbocycles. The summed E-state index contributed by atoms with van der Waals surface area (Å²) in [5.41, 5.74) is 0. The van der Waals surface area contributed by atoms with Gasteiger partial charge in [0.05, 0.1) is 6.54 Å². The van der Waals surface area contributed by atoms with Crippen LogP contribution in [0, 0.1) is 5.92 Å². The Kier molecular flexibility index (Phi) is 6.29. The van der Waals surface area contributed by atoms with Gasteiger partial charge in [0, 0.05) is 25.5 Å². The fourth-order valence-corrected chi connectivity index (χ4v) is 1.90. The molecular formula is C12H19F3IN5. The molecule has 2 N–H and O–H groups in total. The van der Waals surface area contributed by atoms with Gasteiger partial charge in [0.1, 0.15) is 12.4 Å². The van der Waals surface area contributed by atoms with Gasteiger partial charge in [-0.15, -0.1) is 24.0 Å². The van der Waals surface area contributed by atoms with Gasteiger partial charge in [0.2, 0.25) is 0 Å². The maximum atomic E-state index is 12.4. The number of hydrogen-bond acceptors (Lipinski definition) is 2. The largest absolute Gasteiger partial charge is 0.406 e. The van der Waals surface area contributed by atoms with E-state index in [0.29, 0.717) is 23.7 Å². The number of halogens is 4. The first-order valence-electron chi connectivity index (χ1n) is 6.43. The summed E-state index contributed by atoms with van der Waals surface area (Å²) >= 11 is 0. The van der Waals surface area contributed by atoms with Crippen LogP contribution in [0.5, 0.6) is 0 Å². The summed E-state index contributed by atoms with van der Waals surface area (Å²) in [4.78, 5) is 7.98. The quantitative estimate of drug-likeness (QED) is 0.449. The molecule has 0 amide bonds. The van der Waals surface area contributed by atoms with E-state index in [9.17, 15) is 13.2 Å². The van der Waals surface area contributed by atoms with E-state index in [0.717, 1.165) is 11.0 Å². The first kappa shape index (κ1) is 18.1. The van der Waals surface area contributed by atoms with Crippen molar-refractivity contribution < 1.29 is 13.2 Å². The lowest BCUT2D eigenvalue weighted by atomic mass is 10.5. The van der Waals surface area contributed by atoms with Crippen LogP contribution in [-0.4, -0.2) is 34.8 Å². The Hall–Kier alpha value is -1.00. The van der Waals surface area contributed by atoms with Crippen LogP contribution in [0.2, 0.25) is 0 Å². The van der Waals surface area contributed by atoms with E-state index in [2.05, 4.69) is 27.5 Å². The summed E-state index contributed by atoms with van der Waals surface area (Å²) in [6.45, 7) is 1.29. The second-order valence-corrected chi connectivity index (χ2v) is 4.98. The molecule has 1 fully saturated rings. The number of nitrogens with one attached hydrogen (secondary N) is 2. The van der Waals surface area contributed by atoms with Crippen molar-refractivity contribution in [3.05, 3.63) is 18.2 Å². The minimum atomic E-state index is -4.25. The first-order valence-corrected chi connectivity index (χ1v) is 6.43. The molecule has 1 aromatic heterocycles. The van der Waals surface area contributed by atoms with E-state index in [1.165, 1.54) is 12.4 Å². The molecule has 1 heterocycles. The molecule has 0 aromatic carbocycles. The van der Waals surface area contributed by atoms with Crippen LogP contribution in [0.3, 0.4) is 0 Å². The predicted octanol–water partition coefficient (Wildman–Crippen LogP) is 2.14. The highest BCUT2D eigenvalue weighted by molar-refractivity contribution is 14.0. The molecular weight excluding hydrogens is 398 g/mol. The van der Waals surface area contributed by atoms with Gasteiger partial charge in [-0.2, -0.15) is 13.2 Å². The number of nitrogens with zero attached hydrogens (tertiary/aromatic N) is 3. The minimum absolute atomic E-state index is 0. The van der Waals surface area contributed by atoms with Gasteiger partial charge >= 0.3 is 6.18 Å². The minimum Gasteiger partial charge on any atom is -0.353 e. The fourth-order valence-electron chi connectivity index (χ4n) is 1.90. The van der Waals surface area contributed by atoms with Gasteiger partial charge < -0.3 is 15.2 Å². The second kappa shape index (κ2) is 7.32. The molecule has 9 heteroatoms. The Morgan fingerprint density at radius 3 is 2.71 bits per heavy atom.